The van der Waals surface area contributed by atoms with Gasteiger partial charge < -0.3 is 10.5 Å². The molecule has 2 aromatic rings. The number of anilines is 1. The third kappa shape index (κ3) is 2.01. The number of hydrogen-bond donors (Lipinski definition) is 1. The standard InChI is InChI=1S/C12H14N2O/c1-2-7-15-12-5-6-14-11-8-9(13)3-4-10(11)12/h3-6,8H,2,7,13H2,1H3. The average molecular weight is 202 g/mol. The van der Waals surface area contributed by atoms with Crippen LogP contribution in [0.4, 0.5) is 5.69 Å². The van der Waals surface area contributed by atoms with Gasteiger partial charge in [0.1, 0.15) is 5.75 Å². The number of rotatable bonds is 3. The van der Waals surface area contributed by atoms with E-state index >= 15 is 0 Å². The maximum Gasteiger partial charge on any atom is 0.130 e. The Morgan fingerprint density at radius 3 is 3.00 bits per heavy atom. The number of fused-ring (bicyclic) bond motifs is 1. The summed E-state index contributed by atoms with van der Waals surface area (Å²) in [6.45, 7) is 2.81. The van der Waals surface area contributed by atoms with Crippen molar-refractivity contribution >= 4 is 16.6 Å². The van der Waals surface area contributed by atoms with Gasteiger partial charge in [0.15, 0.2) is 0 Å². The van der Waals surface area contributed by atoms with Crippen LogP contribution in [0.3, 0.4) is 0 Å². The molecule has 0 aliphatic rings. The molecular weight excluding hydrogens is 188 g/mol. The van der Waals surface area contributed by atoms with Crippen molar-refractivity contribution in [2.75, 3.05) is 12.3 Å². The molecule has 78 valence electrons. The third-order valence-electron chi connectivity index (χ3n) is 2.19. The number of aromatic nitrogens is 1. The predicted octanol–water partition coefficient (Wildman–Crippen LogP) is 2.61. The van der Waals surface area contributed by atoms with Crippen LogP contribution >= 0.6 is 0 Å². The lowest BCUT2D eigenvalue weighted by Crippen LogP contribution is -1.96. The number of hydrogen-bond acceptors (Lipinski definition) is 3. The van der Waals surface area contributed by atoms with Crippen LogP contribution in [0, 0.1) is 0 Å². The molecule has 0 fully saturated rings. The van der Waals surface area contributed by atoms with Gasteiger partial charge in [0.2, 0.25) is 0 Å². The number of nitrogens with zero attached hydrogens (tertiary/aromatic N) is 1. The molecule has 0 saturated heterocycles. The van der Waals surface area contributed by atoms with Crippen molar-refractivity contribution in [1.29, 1.82) is 0 Å². The van der Waals surface area contributed by atoms with Gasteiger partial charge in [-0.3, -0.25) is 4.98 Å². The normalized spacial score (nSPS) is 10.5. The summed E-state index contributed by atoms with van der Waals surface area (Å²) in [5.74, 6) is 0.877. The lowest BCUT2D eigenvalue weighted by molar-refractivity contribution is 0.321. The van der Waals surface area contributed by atoms with E-state index in [2.05, 4.69) is 11.9 Å². The zero-order chi connectivity index (χ0) is 10.7. The molecule has 0 atom stereocenters. The Kier molecular flexibility index (Phi) is 2.72. The summed E-state index contributed by atoms with van der Waals surface area (Å²) in [7, 11) is 0. The van der Waals surface area contributed by atoms with Gasteiger partial charge in [0, 0.05) is 17.3 Å². The zero-order valence-electron chi connectivity index (χ0n) is 8.73. The predicted molar refractivity (Wildman–Crippen MR) is 61.9 cm³/mol. The number of pyridine rings is 1. The highest BCUT2D eigenvalue weighted by molar-refractivity contribution is 5.87. The number of nitrogens with two attached hydrogens (primary N) is 1. The highest BCUT2D eigenvalue weighted by Crippen LogP contribution is 2.25. The Balaban J connectivity index is 2.46. The number of ether oxygens (including phenoxy) is 1. The minimum atomic E-state index is 0.725. The van der Waals surface area contributed by atoms with Crippen molar-refractivity contribution in [1.82, 2.24) is 4.98 Å². The fraction of sp³-hybridized carbons (Fsp3) is 0.250. The topological polar surface area (TPSA) is 48.1 Å². The quantitative estimate of drug-likeness (QED) is 0.778. The van der Waals surface area contributed by atoms with E-state index < -0.39 is 0 Å². The SMILES string of the molecule is CCCOc1ccnc2cc(N)ccc12. The van der Waals surface area contributed by atoms with Crippen molar-refractivity contribution in [2.45, 2.75) is 13.3 Å². The fourth-order valence-corrected chi connectivity index (χ4v) is 1.48. The second kappa shape index (κ2) is 4.17. The number of nitrogen functional groups attached to an aromatic ring is 1. The van der Waals surface area contributed by atoms with Gasteiger partial charge in [-0.1, -0.05) is 6.92 Å². The summed E-state index contributed by atoms with van der Waals surface area (Å²) in [4.78, 5) is 4.25. The summed E-state index contributed by atoms with van der Waals surface area (Å²) in [6, 6.07) is 7.55. The van der Waals surface area contributed by atoms with Crippen LogP contribution in [-0.4, -0.2) is 11.6 Å². The van der Waals surface area contributed by atoms with E-state index in [4.69, 9.17) is 10.5 Å². The van der Waals surface area contributed by atoms with E-state index in [-0.39, 0.29) is 0 Å². The van der Waals surface area contributed by atoms with E-state index in [1.54, 1.807) is 6.20 Å². The van der Waals surface area contributed by atoms with Crippen molar-refractivity contribution in [3.05, 3.63) is 30.5 Å². The molecule has 0 spiro atoms. The van der Waals surface area contributed by atoms with Gasteiger partial charge in [-0.15, -0.1) is 0 Å². The first-order valence-corrected chi connectivity index (χ1v) is 5.08. The molecule has 1 aromatic heterocycles. The molecule has 1 aromatic carbocycles. The summed E-state index contributed by atoms with van der Waals surface area (Å²) in [5.41, 5.74) is 7.30. The molecule has 0 unspecified atom stereocenters. The van der Waals surface area contributed by atoms with Crippen LogP contribution in [0.2, 0.25) is 0 Å². The van der Waals surface area contributed by atoms with Crippen LogP contribution < -0.4 is 10.5 Å². The molecule has 15 heavy (non-hydrogen) atoms. The Morgan fingerprint density at radius 1 is 1.33 bits per heavy atom. The second-order valence-corrected chi connectivity index (χ2v) is 3.43. The molecule has 0 radical (unpaired) electrons. The van der Waals surface area contributed by atoms with E-state index in [0.717, 1.165) is 35.4 Å². The van der Waals surface area contributed by atoms with Crippen molar-refractivity contribution in [3.63, 3.8) is 0 Å². The molecule has 0 amide bonds. The fourth-order valence-electron chi connectivity index (χ4n) is 1.48. The van der Waals surface area contributed by atoms with Gasteiger partial charge >= 0.3 is 0 Å². The first-order chi connectivity index (χ1) is 7.31. The molecular formula is C12H14N2O. The molecule has 3 heteroatoms. The molecule has 2 rings (SSSR count). The minimum absolute atomic E-state index is 0.725. The minimum Gasteiger partial charge on any atom is -0.493 e. The largest absolute Gasteiger partial charge is 0.493 e. The monoisotopic (exact) mass is 202 g/mol. The smallest absolute Gasteiger partial charge is 0.130 e. The molecule has 0 aliphatic heterocycles. The van der Waals surface area contributed by atoms with Gasteiger partial charge in [-0.2, -0.15) is 0 Å². The van der Waals surface area contributed by atoms with E-state index in [0.29, 0.717) is 0 Å². The highest BCUT2D eigenvalue weighted by atomic mass is 16.5. The molecule has 2 N–H and O–H groups in total. The second-order valence-electron chi connectivity index (χ2n) is 3.43. The molecule has 0 saturated carbocycles. The first kappa shape index (κ1) is 9.77. The Morgan fingerprint density at radius 2 is 2.20 bits per heavy atom. The summed E-state index contributed by atoms with van der Waals surface area (Å²) >= 11 is 0. The lowest BCUT2D eigenvalue weighted by Gasteiger charge is -2.07. The average Bonchev–Trinajstić information content (AvgIpc) is 2.25. The van der Waals surface area contributed by atoms with Crippen LogP contribution in [-0.2, 0) is 0 Å². The first-order valence-electron chi connectivity index (χ1n) is 5.08. The summed E-state index contributed by atoms with van der Waals surface area (Å²) < 4.78 is 5.63. The zero-order valence-corrected chi connectivity index (χ0v) is 8.73. The highest BCUT2D eigenvalue weighted by Gasteiger charge is 2.02. The molecule has 3 nitrogen and oxygen atoms in total. The maximum absolute atomic E-state index is 5.69. The van der Waals surface area contributed by atoms with Gasteiger partial charge in [0.25, 0.3) is 0 Å². The Hall–Kier alpha value is -1.77. The molecule has 0 aliphatic carbocycles. The summed E-state index contributed by atoms with van der Waals surface area (Å²) in [6.07, 6.45) is 2.74. The van der Waals surface area contributed by atoms with Crippen LogP contribution in [0.25, 0.3) is 10.9 Å². The Labute approximate surface area is 88.9 Å². The van der Waals surface area contributed by atoms with Crippen LogP contribution in [0.1, 0.15) is 13.3 Å². The van der Waals surface area contributed by atoms with Crippen LogP contribution in [0.5, 0.6) is 5.75 Å². The molecule has 0 bridgehead atoms. The van der Waals surface area contributed by atoms with Crippen molar-refractivity contribution in [3.8, 4) is 5.75 Å². The van der Waals surface area contributed by atoms with E-state index in [1.165, 1.54) is 0 Å². The van der Waals surface area contributed by atoms with Gasteiger partial charge in [-0.05, 0) is 30.7 Å². The van der Waals surface area contributed by atoms with E-state index in [1.807, 2.05) is 24.3 Å². The number of benzene rings is 1. The van der Waals surface area contributed by atoms with Crippen molar-refractivity contribution in [2.24, 2.45) is 0 Å². The molecule has 1 heterocycles. The van der Waals surface area contributed by atoms with Crippen molar-refractivity contribution < 1.29 is 4.74 Å². The van der Waals surface area contributed by atoms with Gasteiger partial charge in [0.05, 0.1) is 12.1 Å². The third-order valence-corrected chi connectivity index (χ3v) is 2.19. The summed E-state index contributed by atoms with van der Waals surface area (Å²) in [5, 5.41) is 1.01. The van der Waals surface area contributed by atoms with E-state index in [9.17, 15) is 0 Å². The lowest BCUT2D eigenvalue weighted by atomic mass is 10.2. The maximum atomic E-state index is 5.69. The Bertz CT molecular complexity index is 468. The van der Waals surface area contributed by atoms with Gasteiger partial charge in [-0.25, -0.2) is 0 Å². The van der Waals surface area contributed by atoms with Crippen LogP contribution in [0.15, 0.2) is 30.5 Å².